The molecule has 1 aromatic heterocycles. The van der Waals surface area contributed by atoms with Crippen molar-refractivity contribution < 1.29 is 0 Å². The number of aromatic nitrogens is 1. The summed E-state index contributed by atoms with van der Waals surface area (Å²) in [5.41, 5.74) is 8.06. The van der Waals surface area contributed by atoms with Crippen molar-refractivity contribution in [2.24, 2.45) is 5.73 Å². The van der Waals surface area contributed by atoms with E-state index in [-0.39, 0.29) is 6.04 Å². The zero-order valence-corrected chi connectivity index (χ0v) is 12.8. The van der Waals surface area contributed by atoms with Crippen LogP contribution in [0.5, 0.6) is 0 Å². The Morgan fingerprint density at radius 2 is 2.24 bits per heavy atom. The van der Waals surface area contributed by atoms with Crippen LogP contribution in [0.3, 0.4) is 0 Å². The molecule has 0 saturated carbocycles. The molecule has 1 heterocycles. The highest BCUT2D eigenvalue weighted by Gasteiger charge is 2.08. The molecular weight excluding hydrogens is 316 g/mol. The van der Waals surface area contributed by atoms with Crippen molar-refractivity contribution in [2.45, 2.75) is 29.1 Å². The van der Waals surface area contributed by atoms with E-state index in [0.29, 0.717) is 0 Å². The Balaban J connectivity index is 2.22. The Hall–Kier alpha value is -0.360. The lowest BCUT2D eigenvalue weighted by atomic mass is 10.1. The van der Waals surface area contributed by atoms with Crippen molar-refractivity contribution in [2.75, 3.05) is 0 Å². The van der Waals surface area contributed by atoms with Gasteiger partial charge in [-0.05, 0) is 47.5 Å². The monoisotopic (exact) mass is 328 g/mol. The Morgan fingerprint density at radius 1 is 1.47 bits per heavy atom. The van der Waals surface area contributed by atoms with Gasteiger partial charge in [0.2, 0.25) is 0 Å². The van der Waals surface area contributed by atoms with Crippen molar-refractivity contribution in [3.8, 4) is 0 Å². The highest BCUT2D eigenvalue weighted by molar-refractivity contribution is 9.10. The average molecular weight is 329 g/mol. The maximum absolute atomic E-state index is 5.85. The summed E-state index contributed by atoms with van der Waals surface area (Å²) < 4.78 is 2.14. The van der Waals surface area contributed by atoms with Crippen LogP contribution >= 0.6 is 39.0 Å². The molecule has 0 aliphatic carbocycles. The fourth-order valence-electron chi connectivity index (χ4n) is 1.36. The summed E-state index contributed by atoms with van der Waals surface area (Å²) in [4.78, 5) is 5.61. The van der Waals surface area contributed by atoms with Crippen molar-refractivity contribution in [1.82, 2.24) is 4.98 Å². The summed E-state index contributed by atoms with van der Waals surface area (Å²) in [5.74, 6) is 0. The third kappa shape index (κ3) is 3.31. The number of halogens is 1. The number of benzene rings is 1. The van der Waals surface area contributed by atoms with Gasteiger partial charge >= 0.3 is 0 Å². The first-order valence-electron chi connectivity index (χ1n) is 5.21. The molecule has 2 N–H and O–H groups in total. The molecule has 2 rings (SSSR count). The lowest BCUT2D eigenvalue weighted by molar-refractivity contribution is 0.815. The zero-order chi connectivity index (χ0) is 12.4. The molecule has 0 aliphatic rings. The first-order valence-corrected chi connectivity index (χ1v) is 7.70. The van der Waals surface area contributed by atoms with Gasteiger partial charge in [0.1, 0.15) is 0 Å². The van der Waals surface area contributed by atoms with Crippen molar-refractivity contribution in [3.63, 3.8) is 0 Å². The quantitative estimate of drug-likeness (QED) is 0.908. The molecule has 0 fully saturated rings. The molecule has 1 atom stereocenters. The standard InChI is InChI=1S/C12H13BrN2S2/c1-7-6-16-12(15-7)17-11-4-3-9(8(2)14)5-10(11)13/h3-6,8H,14H2,1-2H3. The molecule has 90 valence electrons. The number of nitrogens with zero attached hydrogens (tertiary/aromatic N) is 1. The molecule has 5 heteroatoms. The summed E-state index contributed by atoms with van der Waals surface area (Å²) in [6.45, 7) is 3.99. The van der Waals surface area contributed by atoms with Crippen LogP contribution in [-0.2, 0) is 0 Å². The van der Waals surface area contributed by atoms with Gasteiger partial charge in [-0.25, -0.2) is 4.98 Å². The van der Waals surface area contributed by atoms with E-state index < -0.39 is 0 Å². The van der Waals surface area contributed by atoms with E-state index in [1.807, 2.05) is 13.8 Å². The van der Waals surface area contributed by atoms with Crippen LogP contribution in [0.2, 0.25) is 0 Å². The summed E-state index contributed by atoms with van der Waals surface area (Å²) in [6, 6.07) is 6.29. The number of hydrogen-bond donors (Lipinski definition) is 1. The smallest absolute Gasteiger partial charge is 0.154 e. The van der Waals surface area contributed by atoms with Crippen LogP contribution in [0.15, 0.2) is 37.3 Å². The Morgan fingerprint density at radius 3 is 2.76 bits per heavy atom. The summed E-state index contributed by atoms with van der Waals surface area (Å²) in [7, 11) is 0. The minimum atomic E-state index is 0.0625. The molecule has 0 aliphatic heterocycles. The molecule has 1 unspecified atom stereocenters. The van der Waals surface area contributed by atoms with Crippen LogP contribution in [0.25, 0.3) is 0 Å². The lowest BCUT2D eigenvalue weighted by Gasteiger charge is -2.08. The van der Waals surface area contributed by atoms with Gasteiger partial charge in [0.15, 0.2) is 4.34 Å². The third-order valence-electron chi connectivity index (χ3n) is 2.28. The largest absolute Gasteiger partial charge is 0.324 e. The van der Waals surface area contributed by atoms with Crippen LogP contribution in [-0.4, -0.2) is 4.98 Å². The maximum atomic E-state index is 5.85. The minimum Gasteiger partial charge on any atom is -0.324 e. The predicted octanol–water partition coefficient (Wildman–Crippen LogP) is 4.38. The topological polar surface area (TPSA) is 38.9 Å². The predicted molar refractivity (Wildman–Crippen MR) is 77.7 cm³/mol. The normalized spacial score (nSPS) is 12.7. The molecule has 0 amide bonds. The van der Waals surface area contributed by atoms with E-state index in [2.05, 4.69) is 44.5 Å². The van der Waals surface area contributed by atoms with E-state index in [4.69, 9.17) is 5.73 Å². The van der Waals surface area contributed by atoms with Gasteiger partial charge in [0.25, 0.3) is 0 Å². The van der Waals surface area contributed by atoms with Gasteiger partial charge < -0.3 is 5.73 Å². The van der Waals surface area contributed by atoms with Gasteiger partial charge in [-0.15, -0.1) is 11.3 Å². The molecular formula is C12H13BrN2S2. The minimum absolute atomic E-state index is 0.0625. The fraction of sp³-hybridized carbons (Fsp3) is 0.250. The highest BCUT2D eigenvalue weighted by Crippen LogP contribution is 2.36. The molecule has 2 nitrogen and oxygen atoms in total. The maximum Gasteiger partial charge on any atom is 0.154 e. The SMILES string of the molecule is Cc1csc(Sc2ccc(C(C)N)cc2Br)n1. The second kappa shape index (κ2) is 5.52. The van der Waals surface area contributed by atoms with E-state index in [0.717, 1.165) is 20.1 Å². The summed E-state index contributed by atoms with van der Waals surface area (Å²) in [5, 5.41) is 2.06. The molecule has 0 bridgehead atoms. The van der Waals surface area contributed by atoms with Crippen molar-refractivity contribution in [3.05, 3.63) is 39.3 Å². The first-order chi connectivity index (χ1) is 8.06. The van der Waals surface area contributed by atoms with E-state index in [9.17, 15) is 0 Å². The number of thiazole rings is 1. The molecule has 0 spiro atoms. The van der Waals surface area contributed by atoms with Crippen LogP contribution in [0.4, 0.5) is 0 Å². The number of nitrogens with two attached hydrogens (primary N) is 1. The first kappa shape index (κ1) is 13.1. The Kier molecular flexibility index (Phi) is 4.25. The third-order valence-corrected chi connectivity index (χ3v) is 5.33. The highest BCUT2D eigenvalue weighted by atomic mass is 79.9. The lowest BCUT2D eigenvalue weighted by Crippen LogP contribution is -2.04. The van der Waals surface area contributed by atoms with Gasteiger partial charge in [-0.1, -0.05) is 17.8 Å². The molecule has 17 heavy (non-hydrogen) atoms. The van der Waals surface area contributed by atoms with Crippen LogP contribution in [0.1, 0.15) is 24.2 Å². The van der Waals surface area contributed by atoms with Crippen LogP contribution in [0, 0.1) is 6.92 Å². The zero-order valence-electron chi connectivity index (χ0n) is 9.61. The fourth-order valence-corrected chi connectivity index (χ4v) is 3.79. The molecule has 1 aromatic carbocycles. The number of aryl methyl sites for hydroxylation is 1. The van der Waals surface area contributed by atoms with Gasteiger partial charge in [0.05, 0.1) is 0 Å². The van der Waals surface area contributed by atoms with Crippen molar-refractivity contribution >= 4 is 39.0 Å². The summed E-state index contributed by atoms with van der Waals surface area (Å²) in [6.07, 6.45) is 0. The molecule has 0 radical (unpaired) electrons. The van der Waals surface area contributed by atoms with E-state index in [1.165, 1.54) is 4.90 Å². The van der Waals surface area contributed by atoms with E-state index >= 15 is 0 Å². The second-order valence-corrected chi connectivity index (χ2v) is 6.84. The van der Waals surface area contributed by atoms with E-state index in [1.54, 1.807) is 23.1 Å². The summed E-state index contributed by atoms with van der Waals surface area (Å²) >= 11 is 6.93. The Bertz CT molecular complexity index is 523. The number of rotatable bonds is 3. The Labute approximate surface area is 118 Å². The van der Waals surface area contributed by atoms with Gasteiger partial charge in [-0.3, -0.25) is 0 Å². The van der Waals surface area contributed by atoms with Crippen LogP contribution < -0.4 is 5.73 Å². The van der Waals surface area contributed by atoms with Gasteiger partial charge in [0, 0.05) is 26.5 Å². The molecule has 0 saturated heterocycles. The molecule has 2 aromatic rings. The van der Waals surface area contributed by atoms with Gasteiger partial charge in [-0.2, -0.15) is 0 Å². The average Bonchev–Trinajstić information content (AvgIpc) is 2.67. The second-order valence-electron chi connectivity index (χ2n) is 3.84. The van der Waals surface area contributed by atoms with Crippen molar-refractivity contribution in [1.29, 1.82) is 0 Å². The number of hydrogen-bond acceptors (Lipinski definition) is 4.